The molecule has 23 heavy (non-hydrogen) atoms. The number of hydrogen-bond acceptors (Lipinski definition) is 1. The summed E-state index contributed by atoms with van der Waals surface area (Å²) in [6, 6.07) is 13.5. The van der Waals surface area contributed by atoms with Crippen LogP contribution in [0.4, 0.5) is 14.9 Å². The normalized spacial score (nSPS) is 11.5. The predicted octanol–water partition coefficient (Wildman–Crippen LogP) is 4.92. The average molecular weight is 312 g/mol. The van der Waals surface area contributed by atoms with Crippen molar-refractivity contribution in [2.24, 2.45) is 0 Å². The van der Waals surface area contributed by atoms with E-state index in [2.05, 4.69) is 31.4 Å². The van der Waals surface area contributed by atoms with Gasteiger partial charge in [0.1, 0.15) is 5.82 Å². The summed E-state index contributed by atoms with van der Waals surface area (Å²) in [4.78, 5) is 11.8. The minimum absolute atomic E-state index is 0.0820. The smallest absolute Gasteiger partial charge is 0.314 e. The number of benzene rings is 2. The fourth-order valence-corrected chi connectivity index (χ4v) is 2.01. The molecule has 2 aromatic rings. The van der Waals surface area contributed by atoms with E-state index >= 15 is 0 Å². The highest BCUT2D eigenvalue weighted by atomic mass is 19.1. The molecule has 0 saturated heterocycles. The molecular formula is C19H21FN2O. The predicted molar refractivity (Wildman–Crippen MR) is 92.7 cm³/mol. The van der Waals surface area contributed by atoms with E-state index in [1.54, 1.807) is 18.2 Å². The number of carbonyl (C=O) groups excluding carboxylic acids is 1. The molecule has 3 nitrogen and oxygen atoms in total. The Morgan fingerprint density at radius 3 is 2.17 bits per heavy atom. The van der Waals surface area contributed by atoms with Gasteiger partial charge in [-0.15, -0.1) is 0 Å². The fraction of sp³-hybridized carbons (Fsp3) is 0.211. The first-order chi connectivity index (χ1) is 10.8. The van der Waals surface area contributed by atoms with Gasteiger partial charge in [-0.3, -0.25) is 0 Å². The second-order valence-electron chi connectivity index (χ2n) is 6.31. The van der Waals surface area contributed by atoms with Crippen molar-refractivity contribution in [3.05, 3.63) is 71.7 Å². The number of carbonyl (C=O) groups is 1. The van der Waals surface area contributed by atoms with E-state index in [-0.39, 0.29) is 17.3 Å². The first-order valence-corrected chi connectivity index (χ1v) is 7.45. The van der Waals surface area contributed by atoms with E-state index < -0.39 is 0 Å². The summed E-state index contributed by atoms with van der Waals surface area (Å²) in [6.07, 6.45) is 3.22. The zero-order chi connectivity index (χ0) is 16.9. The molecular weight excluding hydrogens is 291 g/mol. The van der Waals surface area contributed by atoms with E-state index in [1.807, 2.05) is 24.3 Å². The molecule has 2 rings (SSSR count). The van der Waals surface area contributed by atoms with Crippen LogP contribution in [0.2, 0.25) is 0 Å². The third-order valence-corrected chi connectivity index (χ3v) is 3.37. The van der Waals surface area contributed by atoms with Crippen LogP contribution < -0.4 is 10.6 Å². The Morgan fingerprint density at radius 1 is 1.00 bits per heavy atom. The van der Waals surface area contributed by atoms with Crippen molar-refractivity contribution >= 4 is 17.8 Å². The number of amides is 2. The van der Waals surface area contributed by atoms with Gasteiger partial charge in [0.2, 0.25) is 0 Å². The van der Waals surface area contributed by atoms with E-state index in [1.165, 1.54) is 23.9 Å². The van der Waals surface area contributed by atoms with Crippen LogP contribution in [-0.4, -0.2) is 6.03 Å². The van der Waals surface area contributed by atoms with Crippen LogP contribution in [0.5, 0.6) is 0 Å². The standard InChI is InChI=1S/C19H21FN2O/c1-19(2,3)15-6-10-17(11-7-15)22-18(23)21-13-12-14-4-8-16(20)9-5-14/h4-13H,1-3H3,(H2,21,22,23)/b13-12+. The Morgan fingerprint density at radius 2 is 1.61 bits per heavy atom. The van der Waals surface area contributed by atoms with Crippen molar-refractivity contribution in [2.45, 2.75) is 26.2 Å². The van der Waals surface area contributed by atoms with E-state index in [0.29, 0.717) is 0 Å². The molecule has 4 heteroatoms. The second-order valence-corrected chi connectivity index (χ2v) is 6.31. The van der Waals surface area contributed by atoms with Crippen LogP contribution in [0.25, 0.3) is 6.08 Å². The van der Waals surface area contributed by atoms with Crippen molar-refractivity contribution in [1.82, 2.24) is 5.32 Å². The minimum atomic E-state index is -0.327. The lowest BCUT2D eigenvalue weighted by Crippen LogP contribution is -2.23. The zero-order valence-electron chi connectivity index (χ0n) is 13.6. The third kappa shape index (κ3) is 5.25. The topological polar surface area (TPSA) is 41.1 Å². The molecule has 2 amide bonds. The number of urea groups is 1. The van der Waals surface area contributed by atoms with Gasteiger partial charge in [-0.25, -0.2) is 9.18 Å². The molecule has 120 valence electrons. The Kier molecular flexibility index (Phi) is 5.16. The number of halogens is 1. The maximum atomic E-state index is 12.8. The monoisotopic (exact) mass is 312 g/mol. The highest BCUT2D eigenvalue weighted by Crippen LogP contribution is 2.23. The Labute approximate surface area is 136 Å². The van der Waals surface area contributed by atoms with Gasteiger partial charge in [0.15, 0.2) is 0 Å². The molecule has 0 atom stereocenters. The molecule has 0 heterocycles. The maximum Gasteiger partial charge on any atom is 0.323 e. The molecule has 0 fully saturated rings. The van der Waals surface area contributed by atoms with Crippen LogP contribution >= 0.6 is 0 Å². The molecule has 0 bridgehead atoms. The molecule has 2 aromatic carbocycles. The van der Waals surface area contributed by atoms with Crippen molar-refractivity contribution in [3.8, 4) is 0 Å². The van der Waals surface area contributed by atoms with Crippen LogP contribution in [-0.2, 0) is 5.41 Å². The number of anilines is 1. The Hall–Kier alpha value is -2.62. The van der Waals surface area contributed by atoms with Gasteiger partial charge in [-0.1, -0.05) is 45.0 Å². The first-order valence-electron chi connectivity index (χ1n) is 7.45. The molecule has 2 N–H and O–H groups in total. The molecule has 0 aliphatic carbocycles. The fourth-order valence-electron chi connectivity index (χ4n) is 2.01. The largest absolute Gasteiger partial charge is 0.323 e. The number of hydrogen-bond donors (Lipinski definition) is 2. The summed E-state index contributed by atoms with van der Waals surface area (Å²) in [7, 11) is 0. The quantitative estimate of drug-likeness (QED) is 0.830. The summed E-state index contributed by atoms with van der Waals surface area (Å²) in [6.45, 7) is 6.42. The van der Waals surface area contributed by atoms with Crippen LogP contribution in [0.15, 0.2) is 54.7 Å². The Balaban J connectivity index is 1.88. The third-order valence-electron chi connectivity index (χ3n) is 3.37. The van der Waals surface area contributed by atoms with Gasteiger partial charge in [0.05, 0.1) is 0 Å². The van der Waals surface area contributed by atoms with Gasteiger partial charge >= 0.3 is 6.03 Å². The van der Waals surface area contributed by atoms with Gasteiger partial charge in [0.25, 0.3) is 0 Å². The van der Waals surface area contributed by atoms with Crippen molar-refractivity contribution < 1.29 is 9.18 Å². The molecule has 0 radical (unpaired) electrons. The first kappa shape index (κ1) is 16.7. The van der Waals surface area contributed by atoms with Gasteiger partial charge < -0.3 is 10.6 Å². The summed E-state index contributed by atoms with van der Waals surface area (Å²) in [5, 5.41) is 5.37. The van der Waals surface area contributed by atoms with Gasteiger partial charge in [-0.2, -0.15) is 0 Å². The van der Waals surface area contributed by atoms with Crippen LogP contribution in [0, 0.1) is 5.82 Å². The highest BCUT2D eigenvalue weighted by molar-refractivity contribution is 5.90. The average Bonchev–Trinajstić information content (AvgIpc) is 2.49. The Bertz CT molecular complexity index is 683. The van der Waals surface area contributed by atoms with E-state index in [4.69, 9.17) is 0 Å². The lowest BCUT2D eigenvalue weighted by Gasteiger charge is -2.19. The lowest BCUT2D eigenvalue weighted by atomic mass is 9.87. The maximum absolute atomic E-state index is 12.8. The zero-order valence-corrected chi connectivity index (χ0v) is 13.6. The van der Waals surface area contributed by atoms with E-state index in [0.717, 1.165) is 11.3 Å². The summed E-state index contributed by atoms with van der Waals surface area (Å²) < 4.78 is 12.8. The molecule has 0 aliphatic heterocycles. The number of rotatable bonds is 3. The molecule has 0 aromatic heterocycles. The number of nitrogens with one attached hydrogen (secondary N) is 2. The lowest BCUT2D eigenvalue weighted by molar-refractivity contribution is 0.255. The molecule has 0 unspecified atom stereocenters. The van der Waals surface area contributed by atoms with Crippen LogP contribution in [0.1, 0.15) is 31.9 Å². The SMILES string of the molecule is CC(C)(C)c1ccc(NC(=O)N/C=C/c2ccc(F)cc2)cc1. The van der Waals surface area contributed by atoms with Crippen molar-refractivity contribution in [3.63, 3.8) is 0 Å². The molecule has 0 aliphatic rings. The highest BCUT2D eigenvalue weighted by Gasteiger charge is 2.12. The van der Waals surface area contributed by atoms with Gasteiger partial charge in [0, 0.05) is 11.9 Å². The minimum Gasteiger partial charge on any atom is -0.314 e. The van der Waals surface area contributed by atoms with Crippen LogP contribution in [0.3, 0.4) is 0 Å². The molecule has 0 spiro atoms. The second kappa shape index (κ2) is 7.09. The summed E-state index contributed by atoms with van der Waals surface area (Å²) >= 11 is 0. The summed E-state index contributed by atoms with van der Waals surface area (Å²) in [5.74, 6) is -0.286. The summed E-state index contributed by atoms with van der Waals surface area (Å²) in [5.41, 5.74) is 2.82. The van der Waals surface area contributed by atoms with Crippen molar-refractivity contribution in [2.75, 3.05) is 5.32 Å². The molecule has 0 saturated carbocycles. The van der Waals surface area contributed by atoms with Crippen molar-refractivity contribution in [1.29, 1.82) is 0 Å². The van der Waals surface area contributed by atoms with Gasteiger partial charge in [-0.05, 0) is 46.9 Å². The van der Waals surface area contributed by atoms with E-state index in [9.17, 15) is 9.18 Å².